The van der Waals surface area contributed by atoms with E-state index < -0.39 is 0 Å². The van der Waals surface area contributed by atoms with Crippen molar-refractivity contribution in [2.24, 2.45) is 5.73 Å². The molecule has 1 aliphatic rings. The summed E-state index contributed by atoms with van der Waals surface area (Å²) < 4.78 is 0. The van der Waals surface area contributed by atoms with Crippen LogP contribution in [0, 0.1) is 12.3 Å². The number of rotatable bonds is 0. The Morgan fingerprint density at radius 1 is 1.88 bits per heavy atom. The Labute approximate surface area is 49.6 Å². The standard InChI is InChI=1S/C7H9N/c1-2-6-3-4-7(8)5-6/h1,5,7H,3-4,8H2. The highest BCUT2D eigenvalue weighted by Crippen LogP contribution is 2.14. The summed E-state index contributed by atoms with van der Waals surface area (Å²) >= 11 is 0. The second-order valence-electron chi connectivity index (χ2n) is 2.04. The molecule has 1 nitrogen and oxygen atoms in total. The second kappa shape index (κ2) is 2.02. The van der Waals surface area contributed by atoms with E-state index in [1.807, 2.05) is 6.08 Å². The van der Waals surface area contributed by atoms with Crippen LogP contribution in [0.4, 0.5) is 0 Å². The van der Waals surface area contributed by atoms with E-state index in [0.717, 1.165) is 18.4 Å². The third-order valence-electron chi connectivity index (χ3n) is 1.35. The van der Waals surface area contributed by atoms with Gasteiger partial charge in [0.2, 0.25) is 0 Å². The lowest BCUT2D eigenvalue weighted by atomic mass is 10.2. The zero-order valence-electron chi connectivity index (χ0n) is 4.72. The number of hydrogen-bond acceptors (Lipinski definition) is 1. The van der Waals surface area contributed by atoms with Gasteiger partial charge in [0.25, 0.3) is 0 Å². The zero-order chi connectivity index (χ0) is 5.98. The summed E-state index contributed by atoms with van der Waals surface area (Å²) in [4.78, 5) is 0. The van der Waals surface area contributed by atoms with E-state index in [-0.39, 0.29) is 6.04 Å². The second-order valence-corrected chi connectivity index (χ2v) is 2.04. The number of nitrogens with two attached hydrogens (primary N) is 1. The summed E-state index contributed by atoms with van der Waals surface area (Å²) in [5.41, 5.74) is 6.60. The van der Waals surface area contributed by atoms with Crippen molar-refractivity contribution in [1.82, 2.24) is 0 Å². The van der Waals surface area contributed by atoms with E-state index in [2.05, 4.69) is 5.92 Å². The quantitative estimate of drug-likeness (QED) is 0.452. The number of terminal acetylenes is 1. The van der Waals surface area contributed by atoms with Crippen molar-refractivity contribution in [3.63, 3.8) is 0 Å². The maximum Gasteiger partial charge on any atom is 0.0239 e. The van der Waals surface area contributed by atoms with Gasteiger partial charge in [0.1, 0.15) is 0 Å². The van der Waals surface area contributed by atoms with Crippen LogP contribution in [-0.4, -0.2) is 6.04 Å². The highest BCUT2D eigenvalue weighted by atomic mass is 14.6. The molecule has 2 N–H and O–H groups in total. The van der Waals surface area contributed by atoms with Crippen LogP contribution in [-0.2, 0) is 0 Å². The van der Waals surface area contributed by atoms with E-state index in [9.17, 15) is 0 Å². The van der Waals surface area contributed by atoms with Crippen LogP contribution in [0.15, 0.2) is 11.6 Å². The molecule has 0 bridgehead atoms. The minimum atomic E-state index is 0.223. The van der Waals surface area contributed by atoms with E-state index >= 15 is 0 Å². The molecule has 1 unspecified atom stereocenters. The third-order valence-corrected chi connectivity index (χ3v) is 1.35. The van der Waals surface area contributed by atoms with Gasteiger partial charge < -0.3 is 5.73 Å². The maximum absolute atomic E-state index is 5.53. The van der Waals surface area contributed by atoms with Crippen LogP contribution in [0.3, 0.4) is 0 Å². The van der Waals surface area contributed by atoms with Crippen molar-refractivity contribution in [2.75, 3.05) is 0 Å². The van der Waals surface area contributed by atoms with Gasteiger partial charge in [-0.3, -0.25) is 0 Å². The van der Waals surface area contributed by atoms with E-state index in [1.54, 1.807) is 0 Å². The monoisotopic (exact) mass is 107 g/mol. The van der Waals surface area contributed by atoms with Gasteiger partial charge in [0.15, 0.2) is 0 Å². The van der Waals surface area contributed by atoms with Crippen LogP contribution < -0.4 is 5.73 Å². The van der Waals surface area contributed by atoms with E-state index in [1.165, 1.54) is 0 Å². The first-order valence-corrected chi connectivity index (χ1v) is 2.76. The van der Waals surface area contributed by atoms with Gasteiger partial charge in [-0.05, 0) is 18.4 Å². The fraction of sp³-hybridized carbons (Fsp3) is 0.429. The molecular weight excluding hydrogens is 98.1 g/mol. The van der Waals surface area contributed by atoms with Crippen molar-refractivity contribution in [3.8, 4) is 12.3 Å². The molecule has 0 aliphatic heterocycles. The molecule has 0 saturated carbocycles. The largest absolute Gasteiger partial charge is 0.324 e. The SMILES string of the molecule is C#CC1=CC(N)CC1. The van der Waals surface area contributed by atoms with Crippen LogP contribution in [0.25, 0.3) is 0 Å². The molecule has 1 rings (SSSR count). The summed E-state index contributed by atoms with van der Waals surface area (Å²) in [6, 6.07) is 0.223. The molecule has 0 aromatic rings. The molecule has 0 spiro atoms. The lowest BCUT2D eigenvalue weighted by Gasteiger charge is -1.90. The molecule has 42 valence electrons. The molecule has 0 aromatic heterocycles. The molecule has 8 heavy (non-hydrogen) atoms. The summed E-state index contributed by atoms with van der Waals surface area (Å²) in [5, 5.41) is 0. The molecule has 0 heterocycles. The van der Waals surface area contributed by atoms with E-state index in [0.29, 0.717) is 0 Å². The fourth-order valence-corrected chi connectivity index (χ4v) is 0.868. The summed E-state index contributed by atoms with van der Waals surface area (Å²) in [6.45, 7) is 0. The van der Waals surface area contributed by atoms with Crippen molar-refractivity contribution in [3.05, 3.63) is 11.6 Å². The molecular formula is C7H9N. The van der Waals surface area contributed by atoms with Crippen LogP contribution in [0.2, 0.25) is 0 Å². The Morgan fingerprint density at radius 3 is 2.88 bits per heavy atom. The molecule has 0 saturated heterocycles. The smallest absolute Gasteiger partial charge is 0.0239 e. The predicted molar refractivity (Wildman–Crippen MR) is 34.1 cm³/mol. The maximum atomic E-state index is 5.53. The van der Waals surface area contributed by atoms with Crippen molar-refractivity contribution < 1.29 is 0 Å². The Hall–Kier alpha value is -0.740. The van der Waals surface area contributed by atoms with Gasteiger partial charge in [0.05, 0.1) is 0 Å². The van der Waals surface area contributed by atoms with E-state index in [4.69, 9.17) is 12.2 Å². The lowest BCUT2D eigenvalue weighted by molar-refractivity contribution is 0.777. The van der Waals surface area contributed by atoms with Crippen molar-refractivity contribution in [1.29, 1.82) is 0 Å². The highest BCUT2D eigenvalue weighted by Gasteiger charge is 2.08. The van der Waals surface area contributed by atoms with Crippen LogP contribution in [0.1, 0.15) is 12.8 Å². The summed E-state index contributed by atoms with van der Waals surface area (Å²) in [7, 11) is 0. The fourth-order valence-electron chi connectivity index (χ4n) is 0.868. The van der Waals surface area contributed by atoms with Crippen LogP contribution >= 0.6 is 0 Å². The first kappa shape index (κ1) is 5.40. The average Bonchev–Trinajstić information content (AvgIpc) is 2.14. The van der Waals surface area contributed by atoms with Gasteiger partial charge in [-0.25, -0.2) is 0 Å². The van der Waals surface area contributed by atoms with Gasteiger partial charge >= 0.3 is 0 Å². The normalized spacial score (nSPS) is 27.0. The van der Waals surface area contributed by atoms with Crippen molar-refractivity contribution >= 4 is 0 Å². The van der Waals surface area contributed by atoms with Crippen LogP contribution in [0.5, 0.6) is 0 Å². The minimum absolute atomic E-state index is 0.223. The van der Waals surface area contributed by atoms with Gasteiger partial charge in [-0.15, -0.1) is 6.42 Å². The molecule has 1 aliphatic carbocycles. The lowest BCUT2D eigenvalue weighted by Crippen LogP contribution is -2.11. The molecule has 0 fully saturated rings. The molecule has 1 atom stereocenters. The number of allylic oxidation sites excluding steroid dienone is 1. The Kier molecular flexibility index (Phi) is 1.36. The van der Waals surface area contributed by atoms with Gasteiger partial charge in [-0.1, -0.05) is 12.0 Å². The first-order chi connectivity index (χ1) is 3.83. The predicted octanol–water partition coefficient (Wildman–Crippen LogP) is 0.667. The summed E-state index contributed by atoms with van der Waals surface area (Å²) in [5.74, 6) is 2.58. The highest BCUT2D eigenvalue weighted by molar-refractivity contribution is 5.30. The minimum Gasteiger partial charge on any atom is -0.324 e. The topological polar surface area (TPSA) is 26.0 Å². The Balaban J connectivity index is 2.61. The third kappa shape index (κ3) is 0.907. The first-order valence-electron chi connectivity index (χ1n) is 2.76. The molecule has 0 aromatic carbocycles. The zero-order valence-corrected chi connectivity index (χ0v) is 4.72. The Morgan fingerprint density at radius 2 is 2.62 bits per heavy atom. The molecule has 0 radical (unpaired) electrons. The molecule has 0 amide bonds. The molecule has 1 heteroatoms. The van der Waals surface area contributed by atoms with Gasteiger partial charge in [-0.2, -0.15) is 0 Å². The average molecular weight is 107 g/mol. The Bertz CT molecular complexity index is 150. The van der Waals surface area contributed by atoms with Crippen molar-refractivity contribution in [2.45, 2.75) is 18.9 Å². The summed E-state index contributed by atoms with van der Waals surface area (Å²) in [6.07, 6.45) is 9.11. The van der Waals surface area contributed by atoms with Gasteiger partial charge in [0, 0.05) is 6.04 Å². The number of hydrogen-bond donors (Lipinski definition) is 1.